The van der Waals surface area contributed by atoms with Crippen molar-refractivity contribution in [3.8, 4) is 5.75 Å². The number of nitrogens with one attached hydrogen (secondary N) is 2. The van der Waals surface area contributed by atoms with Gasteiger partial charge >= 0.3 is 0 Å². The molecule has 0 radical (unpaired) electrons. The molecule has 2 N–H and O–H groups in total. The highest BCUT2D eigenvalue weighted by Gasteiger charge is 2.30. The molecule has 160 valence electrons. The second kappa shape index (κ2) is 9.71. The zero-order valence-corrected chi connectivity index (χ0v) is 17.6. The van der Waals surface area contributed by atoms with E-state index in [2.05, 4.69) is 34.7 Å². The molecule has 2 unspecified atom stereocenters. The molecule has 0 aromatic heterocycles. The molecule has 0 bridgehead atoms. The highest BCUT2D eigenvalue weighted by Crippen LogP contribution is 2.35. The molecule has 2 aromatic carbocycles. The molecular formula is C23H28FN3O3. The Labute approximate surface area is 176 Å². The van der Waals surface area contributed by atoms with Crippen LogP contribution < -0.4 is 15.4 Å². The van der Waals surface area contributed by atoms with Crippen LogP contribution >= 0.6 is 0 Å². The average Bonchev–Trinajstić information content (AvgIpc) is 2.73. The van der Waals surface area contributed by atoms with E-state index in [1.165, 1.54) is 30.7 Å². The molecule has 30 heavy (non-hydrogen) atoms. The van der Waals surface area contributed by atoms with Crippen LogP contribution in [0.5, 0.6) is 5.75 Å². The lowest BCUT2D eigenvalue weighted by atomic mass is 9.85. The van der Waals surface area contributed by atoms with Crippen molar-refractivity contribution in [2.75, 3.05) is 32.6 Å². The Kier molecular flexibility index (Phi) is 7.05. The minimum Gasteiger partial charge on any atom is -0.497 e. The van der Waals surface area contributed by atoms with E-state index < -0.39 is 5.82 Å². The molecule has 2 aromatic rings. The van der Waals surface area contributed by atoms with Crippen LogP contribution in [0.2, 0.25) is 0 Å². The summed E-state index contributed by atoms with van der Waals surface area (Å²) < 4.78 is 19.1. The van der Waals surface area contributed by atoms with Crippen molar-refractivity contribution in [2.45, 2.75) is 25.8 Å². The van der Waals surface area contributed by atoms with Gasteiger partial charge in [-0.25, -0.2) is 4.39 Å². The van der Waals surface area contributed by atoms with Crippen molar-refractivity contribution in [3.05, 3.63) is 59.4 Å². The van der Waals surface area contributed by atoms with E-state index in [4.69, 9.17) is 4.74 Å². The number of piperidine rings is 1. The largest absolute Gasteiger partial charge is 0.497 e. The van der Waals surface area contributed by atoms with E-state index >= 15 is 0 Å². The fraction of sp³-hybridized carbons (Fsp3) is 0.391. The molecule has 1 aliphatic rings. The number of amides is 2. The minimum atomic E-state index is -0.574. The molecule has 0 saturated carbocycles. The van der Waals surface area contributed by atoms with Crippen LogP contribution in [0.1, 0.15) is 41.7 Å². The van der Waals surface area contributed by atoms with Gasteiger partial charge in [0.05, 0.1) is 12.8 Å². The number of carbonyl (C=O) groups excluding carboxylic acids is 2. The van der Waals surface area contributed by atoms with Crippen LogP contribution in [0.25, 0.3) is 0 Å². The molecule has 1 fully saturated rings. The Morgan fingerprint density at radius 1 is 1.20 bits per heavy atom. The molecule has 0 aliphatic carbocycles. The van der Waals surface area contributed by atoms with Gasteiger partial charge in [0.2, 0.25) is 5.91 Å². The Hall–Kier alpha value is -2.93. The van der Waals surface area contributed by atoms with Crippen molar-refractivity contribution in [1.29, 1.82) is 0 Å². The third kappa shape index (κ3) is 5.16. The number of hydrogen-bond acceptors (Lipinski definition) is 4. The molecular weight excluding hydrogens is 385 g/mol. The Bertz CT molecular complexity index is 901. The molecule has 6 nitrogen and oxygen atoms in total. The zero-order chi connectivity index (χ0) is 21.7. The maximum atomic E-state index is 13.8. The van der Waals surface area contributed by atoms with Gasteiger partial charge < -0.3 is 15.4 Å². The molecule has 3 rings (SSSR count). The third-order valence-electron chi connectivity index (χ3n) is 5.53. The molecule has 1 heterocycles. The first-order valence-corrected chi connectivity index (χ1v) is 10.1. The maximum Gasteiger partial charge on any atom is 0.251 e. The van der Waals surface area contributed by atoms with Crippen LogP contribution in [-0.2, 0) is 4.79 Å². The fourth-order valence-corrected chi connectivity index (χ4v) is 4.08. The normalized spacial score (nSPS) is 19.2. The van der Waals surface area contributed by atoms with E-state index in [-0.39, 0.29) is 29.5 Å². The van der Waals surface area contributed by atoms with E-state index in [0.29, 0.717) is 12.1 Å². The Balaban J connectivity index is 1.71. The fourth-order valence-electron chi connectivity index (χ4n) is 4.08. The predicted molar refractivity (Wildman–Crippen MR) is 114 cm³/mol. The first-order chi connectivity index (χ1) is 14.4. The van der Waals surface area contributed by atoms with Gasteiger partial charge in [-0.15, -0.1) is 0 Å². The van der Waals surface area contributed by atoms with Gasteiger partial charge in [-0.1, -0.05) is 12.1 Å². The molecule has 2 amide bonds. The second-order valence-corrected chi connectivity index (χ2v) is 7.69. The van der Waals surface area contributed by atoms with E-state index in [1.807, 2.05) is 12.1 Å². The summed E-state index contributed by atoms with van der Waals surface area (Å²) in [7, 11) is 3.75. The highest BCUT2D eigenvalue weighted by atomic mass is 19.1. The van der Waals surface area contributed by atoms with Crippen molar-refractivity contribution in [3.63, 3.8) is 0 Å². The van der Waals surface area contributed by atoms with Gasteiger partial charge in [0, 0.05) is 25.1 Å². The summed E-state index contributed by atoms with van der Waals surface area (Å²) in [6.07, 6.45) is 2.06. The van der Waals surface area contributed by atoms with Crippen LogP contribution in [-0.4, -0.2) is 44.0 Å². The van der Waals surface area contributed by atoms with Gasteiger partial charge in [-0.2, -0.15) is 0 Å². The summed E-state index contributed by atoms with van der Waals surface area (Å²) in [4.78, 5) is 26.2. The summed E-state index contributed by atoms with van der Waals surface area (Å²) >= 11 is 0. The Morgan fingerprint density at radius 2 is 1.93 bits per heavy atom. The van der Waals surface area contributed by atoms with Crippen molar-refractivity contribution >= 4 is 17.5 Å². The van der Waals surface area contributed by atoms with Crippen molar-refractivity contribution < 1.29 is 18.7 Å². The lowest BCUT2D eigenvalue weighted by Gasteiger charge is -2.39. The molecule has 2 atom stereocenters. The van der Waals surface area contributed by atoms with Crippen molar-refractivity contribution in [2.24, 2.45) is 5.92 Å². The smallest absolute Gasteiger partial charge is 0.251 e. The number of methoxy groups -OCH3 is 1. The SMILES string of the molecule is COc1ccc(C2C(CNC(=O)c3ccc(F)c(NC(C)=O)c3)CCCN2C)cc1. The van der Waals surface area contributed by atoms with E-state index in [1.54, 1.807) is 7.11 Å². The van der Waals surface area contributed by atoms with Crippen LogP contribution in [0, 0.1) is 11.7 Å². The molecule has 1 aliphatic heterocycles. The summed E-state index contributed by atoms with van der Waals surface area (Å²) in [5.74, 6) is -0.192. The number of likely N-dealkylation sites (tertiary alicyclic amines) is 1. The highest BCUT2D eigenvalue weighted by molar-refractivity contribution is 5.96. The van der Waals surface area contributed by atoms with E-state index in [0.717, 1.165) is 25.1 Å². The molecule has 7 heteroatoms. The predicted octanol–water partition coefficient (Wildman–Crippen LogP) is 3.61. The number of ether oxygens (including phenoxy) is 1. The summed E-state index contributed by atoms with van der Waals surface area (Å²) in [6.45, 7) is 2.80. The average molecular weight is 413 g/mol. The molecule has 0 spiro atoms. The molecule has 1 saturated heterocycles. The van der Waals surface area contributed by atoms with Gasteiger partial charge in [0.25, 0.3) is 5.91 Å². The standard InChI is InChI=1S/C23H28FN3O3/c1-15(28)26-21-13-17(8-11-20(21)24)23(29)25-14-18-5-4-12-27(2)22(18)16-6-9-19(30-3)10-7-16/h6-11,13,18,22H,4-5,12,14H2,1-3H3,(H,25,29)(H,26,28). The Morgan fingerprint density at radius 3 is 2.60 bits per heavy atom. The third-order valence-corrected chi connectivity index (χ3v) is 5.53. The van der Waals surface area contributed by atoms with Crippen LogP contribution in [0.3, 0.4) is 0 Å². The number of anilines is 1. The summed E-state index contributed by atoms with van der Waals surface area (Å²) in [5.41, 5.74) is 1.50. The number of halogens is 1. The monoisotopic (exact) mass is 413 g/mol. The van der Waals surface area contributed by atoms with Gasteiger partial charge in [-0.3, -0.25) is 14.5 Å². The van der Waals surface area contributed by atoms with Gasteiger partial charge in [0.15, 0.2) is 0 Å². The first kappa shape index (κ1) is 21.8. The maximum absolute atomic E-state index is 13.8. The zero-order valence-electron chi connectivity index (χ0n) is 17.6. The summed E-state index contributed by atoms with van der Waals surface area (Å²) in [5, 5.41) is 5.39. The van der Waals surface area contributed by atoms with Crippen LogP contribution in [0.15, 0.2) is 42.5 Å². The topological polar surface area (TPSA) is 70.7 Å². The lowest BCUT2D eigenvalue weighted by molar-refractivity contribution is -0.114. The number of rotatable bonds is 6. The number of nitrogens with zero attached hydrogens (tertiary/aromatic N) is 1. The second-order valence-electron chi connectivity index (χ2n) is 7.69. The van der Waals surface area contributed by atoms with E-state index in [9.17, 15) is 14.0 Å². The first-order valence-electron chi connectivity index (χ1n) is 10.1. The number of hydrogen-bond donors (Lipinski definition) is 2. The summed E-state index contributed by atoms with van der Waals surface area (Å²) in [6, 6.07) is 12.2. The van der Waals surface area contributed by atoms with Gasteiger partial charge in [0.1, 0.15) is 11.6 Å². The number of benzene rings is 2. The number of carbonyl (C=O) groups is 2. The lowest BCUT2D eigenvalue weighted by Crippen LogP contribution is -2.41. The minimum absolute atomic E-state index is 0.00339. The van der Waals surface area contributed by atoms with Crippen molar-refractivity contribution in [1.82, 2.24) is 10.2 Å². The van der Waals surface area contributed by atoms with Gasteiger partial charge in [-0.05, 0) is 68.2 Å². The van der Waals surface area contributed by atoms with Crippen LogP contribution in [0.4, 0.5) is 10.1 Å². The quantitative estimate of drug-likeness (QED) is 0.759.